The Morgan fingerprint density at radius 1 is 0.885 bits per heavy atom. The van der Waals surface area contributed by atoms with Crippen LogP contribution in [0.1, 0.15) is 6.92 Å². The van der Waals surface area contributed by atoms with Gasteiger partial charge in [0.15, 0.2) is 0 Å². The third kappa shape index (κ3) is 2.63. The van der Waals surface area contributed by atoms with Gasteiger partial charge in [-0.05, 0) is 29.7 Å². The van der Waals surface area contributed by atoms with Crippen molar-refractivity contribution in [1.29, 1.82) is 0 Å². The number of H-pyrrole nitrogens is 2. The molecule has 0 unspecified atom stereocenters. The van der Waals surface area contributed by atoms with E-state index in [1.54, 1.807) is 6.20 Å². The summed E-state index contributed by atoms with van der Waals surface area (Å²) < 4.78 is 1.53. The smallest absolute Gasteiger partial charge is 0.268 e. The Morgan fingerprint density at radius 2 is 1.54 bits per heavy atom. The van der Waals surface area contributed by atoms with E-state index in [0.29, 0.717) is 17.6 Å². The summed E-state index contributed by atoms with van der Waals surface area (Å²) in [6.07, 6.45) is 1.76. The highest BCUT2D eigenvalue weighted by atomic mass is 16.2. The molecule has 0 fully saturated rings. The summed E-state index contributed by atoms with van der Waals surface area (Å²) in [6, 6.07) is 20.1. The van der Waals surface area contributed by atoms with Crippen LogP contribution < -0.4 is 16.2 Å². The topological polar surface area (TPSA) is 69.0 Å². The van der Waals surface area contributed by atoms with Gasteiger partial charge < -0.3 is 0 Å². The molecule has 0 aliphatic heterocycles. The van der Waals surface area contributed by atoms with Gasteiger partial charge >= 0.3 is 5.69 Å². The van der Waals surface area contributed by atoms with E-state index < -0.39 is 5.69 Å². The van der Waals surface area contributed by atoms with Crippen molar-refractivity contribution >= 4 is 11.0 Å². The van der Waals surface area contributed by atoms with Crippen molar-refractivity contribution < 1.29 is 4.98 Å². The van der Waals surface area contributed by atoms with Crippen LogP contribution >= 0.6 is 0 Å². The number of aromatic nitrogens is 3. The van der Waals surface area contributed by atoms with Crippen molar-refractivity contribution in [2.75, 3.05) is 0 Å². The largest absolute Gasteiger partial charge is 0.415 e. The average Bonchev–Trinajstić information content (AvgIpc) is 2.68. The van der Waals surface area contributed by atoms with Crippen molar-refractivity contribution in [2.24, 2.45) is 0 Å². The number of benzene rings is 2. The van der Waals surface area contributed by atoms with Crippen LogP contribution in [0.4, 0.5) is 0 Å². The zero-order chi connectivity index (χ0) is 18.1. The fourth-order valence-electron chi connectivity index (χ4n) is 3.27. The van der Waals surface area contributed by atoms with Gasteiger partial charge in [-0.2, -0.15) is 4.57 Å². The molecule has 0 saturated carbocycles. The van der Waals surface area contributed by atoms with E-state index in [9.17, 15) is 9.59 Å². The van der Waals surface area contributed by atoms with Crippen LogP contribution in [-0.4, -0.2) is 9.55 Å². The number of rotatable bonds is 3. The number of fused-ring (bicyclic) bond motifs is 1. The molecule has 2 heterocycles. The number of pyridine rings is 1. The first-order valence-corrected chi connectivity index (χ1v) is 8.52. The molecule has 0 atom stereocenters. The summed E-state index contributed by atoms with van der Waals surface area (Å²) in [5, 5.41) is 0.487. The van der Waals surface area contributed by atoms with Gasteiger partial charge in [-0.15, -0.1) is 0 Å². The zero-order valence-corrected chi connectivity index (χ0v) is 14.3. The third-order valence-electron chi connectivity index (χ3n) is 4.56. The molecule has 0 spiro atoms. The SMILES string of the molecule is CCn1c(=O)[nH]c(=O)c2c(-c3ccc(-c4ccccc4)cc3)cc[nH+]c21. The second-order valence-corrected chi connectivity index (χ2v) is 6.06. The van der Waals surface area contributed by atoms with Crippen molar-refractivity contribution in [3.05, 3.63) is 87.7 Å². The lowest BCUT2D eigenvalue weighted by Crippen LogP contribution is -2.33. The minimum Gasteiger partial charge on any atom is -0.268 e. The monoisotopic (exact) mass is 344 g/mol. The first-order valence-electron chi connectivity index (χ1n) is 8.52. The highest BCUT2D eigenvalue weighted by Gasteiger charge is 2.18. The minimum absolute atomic E-state index is 0.381. The van der Waals surface area contributed by atoms with Gasteiger partial charge in [0.1, 0.15) is 5.39 Å². The fraction of sp³-hybridized carbons (Fsp3) is 0.0952. The van der Waals surface area contributed by atoms with Crippen LogP contribution in [0, 0.1) is 0 Å². The second kappa shape index (κ2) is 6.44. The van der Waals surface area contributed by atoms with Crippen molar-refractivity contribution in [2.45, 2.75) is 13.5 Å². The summed E-state index contributed by atoms with van der Waals surface area (Å²) in [7, 11) is 0. The number of hydrogen-bond acceptors (Lipinski definition) is 2. The molecular weight excluding hydrogens is 326 g/mol. The standard InChI is InChI=1S/C21H17N3O2/c1-2-24-19-18(20(25)23-21(24)26)17(12-13-22-19)16-10-8-15(9-11-16)14-6-4-3-5-7-14/h3-13H,2H2,1H3,(H,23,25,26)/p+1. The van der Waals surface area contributed by atoms with Gasteiger partial charge in [-0.1, -0.05) is 54.6 Å². The van der Waals surface area contributed by atoms with Crippen LogP contribution in [0.5, 0.6) is 0 Å². The molecule has 0 bridgehead atoms. The quantitative estimate of drug-likeness (QED) is 0.621. The lowest BCUT2D eigenvalue weighted by molar-refractivity contribution is -0.349. The molecule has 4 rings (SSSR count). The Labute approximate surface area is 149 Å². The lowest BCUT2D eigenvalue weighted by Gasteiger charge is -2.07. The van der Waals surface area contributed by atoms with E-state index in [1.807, 2.05) is 55.5 Å². The third-order valence-corrected chi connectivity index (χ3v) is 4.56. The van der Waals surface area contributed by atoms with Gasteiger partial charge in [0.25, 0.3) is 11.2 Å². The minimum atomic E-state index is -0.405. The van der Waals surface area contributed by atoms with Crippen LogP contribution in [0.25, 0.3) is 33.3 Å². The zero-order valence-electron chi connectivity index (χ0n) is 14.3. The molecule has 26 heavy (non-hydrogen) atoms. The molecule has 2 N–H and O–H groups in total. The maximum Gasteiger partial charge on any atom is 0.415 e. The Kier molecular flexibility index (Phi) is 3.97. The molecule has 128 valence electrons. The van der Waals surface area contributed by atoms with Gasteiger partial charge in [-0.3, -0.25) is 9.78 Å². The van der Waals surface area contributed by atoms with E-state index >= 15 is 0 Å². The van der Waals surface area contributed by atoms with E-state index in [-0.39, 0.29) is 5.56 Å². The molecular formula is C21H18N3O2+. The molecule has 0 aliphatic carbocycles. The fourth-order valence-corrected chi connectivity index (χ4v) is 3.27. The summed E-state index contributed by atoms with van der Waals surface area (Å²) in [4.78, 5) is 29.9. The molecule has 0 saturated heterocycles. The Balaban J connectivity index is 1.90. The van der Waals surface area contributed by atoms with Crippen molar-refractivity contribution in [3.63, 3.8) is 0 Å². The normalized spacial score (nSPS) is 11.0. The molecule has 0 aliphatic rings. The molecule has 2 aromatic carbocycles. The molecule has 4 aromatic rings. The predicted octanol–water partition coefficient (Wildman–Crippen LogP) is 2.86. The Bertz CT molecular complexity index is 1190. The maximum atomic E-state index is 12.5. The van der Waals surface area contributed by atoms with E-state index in [0.717, 1.165) is 22.3 Å². The molecule has 5 nitrogen and oxygen atoms in total. The number of hydrogen-bond donors (Lipinski definition) is 1. The summed E-state index contributed by atoms with van der Waals surface area (Å²) in [5.41, 5.74) is 3.72. The van der Waals surface area contributed by atoms with Crippen molar-refractivity contribution in [3.8, 4) is 22.3 Å². The van der Waals surface area contributed by atoms with E-state index in [1.165, 1.54) is 4.57 Å². The van der Waals surface area contributed by atoms with Crippen LogP contribution in [0.15, 0.2) is 76.4 Å². The summed E-state index contributed by atoms with van der Waals surface area (Å²) >= 11 is 0. The Morgan fingerprint density at radius 3 is 2.23 bits per heavy atom. The molecule has 5 heteroatoms. The highest BCUT2D eigenvalue weighted by molar-refractivity contribution is 5.90. The summed E-state index contributed by atoms with van der Waals surface area (Å²) in [6.45, 7) is 2.34. The number of nitrogens with one attached hydrogen (secondary N) is 2. The number of aromatic amines is 2. The highest BCUT2D eigenvalue weighted by Crippen LogP contribution is 2.27. The molecule has 0 amide bonds. The van der Waals surface area contributed by atoms with Gasteiger partial charge in [0.2, 0.25) is 0 Å². The second-order valence-electron chi connectivity index (χ2n) is 6.06. The predicted molar refractivity (Wildman–Crippen MR) is 102 cm³/mol. The van der Waals surface area contributed by atoms with Crippen molar-refractivity contribution in [1.82, 2.24) is 9.55 Å². The lowest BCUT2D eigenvalue weighted by atomic mass is 9.99. The maximum absolute atomic E-state index is 12.5. The average molecular weight is 344 g/mol. The van der Waals surface area contributed by atoms with Gasteiger partial charge in [0, 0.05) is 5.56 Å². The molecule has 0 radical (unpaired) electrons. The van der Waals surface area contributed by atoms with E-state index in [2.05, 4.69) is 22.1 Å². The number of nitrogens with zero attached hydrogens (tertiary/aromatic N) is 1. The van der Waals surface area contributed by atoms with Crippen LogP contribution in [0.2, 0.25) is 0 Å². The van der Waals surface area contributed by atoms with E-state index in [4.69, 9.17) is 0 Å². The number of aryl methyl sites for hydroxylation is 1. The Hall–Kier alpha value is -3.47. The van der Waals surface area contributed by atoms with Gasteiger partial charge in [0.05, 0.1) is 12.7 Å². The first kappa shape index (κ1) is 16.0. The first-order chi connectivity index (χ1) is 12.7. The summed E-state index contributed by atoms with van der Waals surface area (Å²) in [5.74, 6) is 0. The van der Waals surface area contributed by atoms with Crippen LogP contribution in [0.3, 0.4) is 0 Å². The van der Waals surface area contributed by atoms with Gasteiger partial charge in [-0.25, -0.2) is 9.78 Å². The molecule has 2 aromatic heterocycles. The van der Waals surface area contributed by atoms with Crippen LogP contribution in [-0.2, 0) is 6.54 Å².